The highest BCUT2D eigenvalue weighted by Crippen LogP contribution is 2.18. The third-order valence-corrected chi connectivity index (χ3v) is 3.02. The van der Waals surface area contributed by atoms with Gasteiger partial charge in [0.2, 0.25) is 11.8 Å². The van der Waals surface area contributed by atoms with Crippen molar-refractivity contribution in [2.24, 2.45) is 0 Å². The molecular formula is C13H16N2O2. The van der Waals surface area contributed by atoms with Gasteiger partial charge in [0.15, 0.2) is 0 Å². The number of hydrogen-bond donors (Lipinski definition) is 1. The highest BCUT2D eigenvalue weighted by molar-refractivity contribution is 5.97. The van der Waals surface area contributed by atoms with Gasteiger partial charge in [-0.3, -0.25) is 9.59 Å². The number of nitrogens with zero attached hydrogens (tertiary/aromatic N) is 1. The Bertz CT molecular complexity index is 444. The lowest BCUT2D eigenvalue weighted by atomic mass is 9.89. The van der Waals surface area contributed by atoms with Crippen LogP contribution in [0.5, 0.6) is 0 Å². The molecule has 0 aliphatic carbocycles. The first-order chi connectivity index (χ1) is 8.01. The van der Waals surface area contributed by atoms with Crippen LogP contribution in [0.15, 0.2) is 30.3 Å². The molecular weight excluding hydrogens is 216 g/mol. The lowest BCUT2D eigenvalue weighted by molar-refractivity contribution is -0.147. The van der Waals surface area contributed by atoms with E-state index in [-0.39, 0.29) is 18.4 Å². The summed E-state index contributed by atoms with van der Waals surface area (Å²) in [4.78, 5) is 25.1. The molecule has 1 aromatic carbocycles. The predicted molar refractivity (Wildman–Crippen MR) is 64.3 cm³/mol. The molecule has 1 saturated heterocycles. The molecule has 1 aliphatic heterocycles. The van der Waals surface area contributed by atoms with E-state index in [0.717, 1.165) is 5.56 Å². The van der Waals surface area contributed by atoms with Gasteiger partial charge in [-0.1, -0.05) is 30.3 Å². The zero-order valence-corrected chi connectivity index (χ0v) is 10.1. The second-order valence-electron chi connectivity index (χ2n) is 4.70. The molecule has 2 rings (SSSR count). The Morgan fingerprint density at radius 1 is 1.29 bits per heavy atom. The topological polar surface area (TPSA) is 49.4 Å². The van der Waals surface area contributed by atoms with Crippen LogP contribution in [0, 0.1) is 0 Å². The van der Waals surface area contributed by atoms with Crippen molar-refractivity contribution < 1.29 is 9.59 Å². The molecule has 4 heteroatoms. The number of rotatable bonds is 2. The van der Waals surface area contributed by atoms with Crippen LogP contribution in [0.1, 0.15) is 12.5 Å². The van der Waals surface area contributed by atoms with Gasteiger partial charge in [0.25, 0.3) is 0 Å². The fourth-order valence-electron chi connectivity index (χ4n) is 2.23. The third-order valence-electron chi connectivity index (χ3n) is 3.02. The summed E-state index contributed by atoms with van der Waals surface area (Å²) in [5.74, 6) is -0.147. The van der Waals surface area contributed by atoms with Crippen molar-refractivity contribution in [2.45, 2.75) is 18.9 Å². The second-order valence-corrected chi connectivity index (χ2v) is 4.70. The summed E-state index contributed by atoms with van der Waals surface area (Å²) in [7, 11) is 1.66. The first-order valence-electron chi connectivity index (χ1n) is 5.62. The summed E-state index contributed by atoms with van der Waals surface area (Å²) in [5, 5.41) is 2.79. The van der Waals surface area contributed by atoms with Crippen LogP contribution in [0.25, 0.3) is 0 Å². The quantitative estimate of drug-likeness (QED) is 0.810. The van der Waals surface area contributed by atoms with E-state index in [4.69, 9.17) is 0 Å². The molecule has 1 fully saturated rings. The Labute approximate surface area is 101 Å². The fourth-order valence-corrected chi connectivity index (χ4v) is 2.23. The third kappa shape index (κ3) is 2.30. The zero-order valence-electron chi connectivity index (χ0n) is 10.1. The average Bonchev–Trinajstić information content (AvgIpc) is 2.27. The van der Waals surface area contributed by atoms with E-state index in [2.05, 4.69) is 5.32 Å². The Morgan fingerprint density at radius 2 is 1.94 bits per heavy atom. The maximum atomic E-state index is 12.1. The molecule has 1 unspecified atom stereocenters. The van der Waals surface area contributed by atoms with Crippen LogP contribution in [0.2, 0.25) is 0 Å². The van der Waals surface area contributed by atoms with E-state index in [0.29, 0.717) is 6.42 Å². The molecule has 1 atom stereocenters. The monoisotopic (exact) mass is 232 g/mol. The summed E-state index contributed by atoms with van der Waals surface area (Å²) in [5.41, 5.74) is 0.213. The molecule has 2 amide bonds. The van der Waals surface area contributed by atoms with Gasteiger partial charge in [0.05, 0.1) is 6.54 Å². The molecule has 0 radical (unpaired) electrons. The highest BCUT2D eigenvalue weighted by Gasteiger charge is 2.41. The Balaban J connectivity index is 2.22. The van der Waals surface area contributed by atoms with Crippen molar-refractivity contribution in [3.8, 4) is 0 Å². The van der Waals surface area contributed by atoms with Crippen LogP contribution in [-0.4, -0.2) is 35.8 Å². The minimum Gasteiger partial charge on any atom is -0.340 e. The molecule has 0 saturated carbocycles. The Hall–Kier alpha value is -1.84. The maximum absolute atomic E-state index is 12.1. The van der Waals surface area contributed by atoms with Crippen LogP contribution < -0.4 is 5.32 Å². The molecule has 0 aromatic heterocycles. The largest absolute Gasteiger partial charge is 0.340 e. The van der Waals surface area contributed by atoms with E-state index in [9.17, 15) is 9.59 Å². The fraction of sp³-hybridized carbons (Fsp3) is 0.385. The van der Waals surface area contributed by atoms with Gasteiger partial charge >= 0.3 is 0 Å². The van der Waals surface area contributed by atoms with Gasteiger partial charge < -0.3 is 10.2 Å². The van der Waals surface area contributed by atoms with Gasteiger partial charge in [0, 0.05) is 13.5 Å². The lowest BCUT2D eigenvalue weighted by Crippen LogP contribution is -2.65. The first kappa shape index (κ1) is 11.6. The van der Waals surface area contributed by atoms with E-state index in [1.165, 1.54) is 4.90 Å². The SMILES string of the molecule is CN1CC(=O)NC(C)(Cc2ccccc2)C1=O. The standard InChI is InChI=1S/C13H16N2O2/c1-13(8-10-6-4-3-5-7-10)12(17)15(2)9-11(16)14-13/h3-7H,8-9H2,1-2H3,(H,14,16). The van der Waals surface area contributed by atoms with Crippen molar-refractivity contribution >= 4 is 11.8 Å². The molecule has 17 heavy (non-hydrogen) atoms. The van der Waals surface area contributed by atoms with E-state index in [1.54, 1.807) is 14.0 Å². The molecule has 1 heterocycles. The van der Waals surface area contributed by atoms with Gasteiger partial charge in [-0.05, 0) is 12.5 Å². The van der Waals surface area contributed by atoms with Crippen LogP contribution in [0.3, 0.4) is 0 Å². The number of nitrogens with one attached hydrogen (secondary N) is 1. The van der Waals surface area contributed by atoms with E-state index >= 15 is 0 Å². The number of hydrogen-bond acceptors (Lipinski definition) is 2. The first-order valence-corrected chi connectivity index (χ1v) is 5.62. The summed E-state index contributed by atoms with van der Waals surface area (Å²) in [6, 6.07) is 9.70. The van der Waals surface area contributed by atoms with Crippen molar-refractivity contribution in [3.05, 3.63) is 35.9 Å². The number of amides is 2. The van der Waals surface area contributed by atoms with Gasteiger partial charge in [0.1, 0.15) is 5.54 Å². The molecule has 4 nitrogen and oxygen atoms in total. The number of piperazine rings is 1. The Kier molecular flexibility index (Phi) is 2.88. The normalized spacial score (nSPS) is 24.7. The van der Waals surface area contributed by atoms with Crippen molar-refractivity contribution in [1.82, 2.24) is 10.2 Å². The second kappa shape index (κ2) is 4.20. The molecule has 1 aliphatic rings. The van der Waals surface area contributed by atoms with Crippen LogP contribution in [0.4, 0.5) is 0 Å². The summed E-state index contributed by atoms with van der Waals surface area (Å²) in [6.45, 7) is 1.92. The van der Waals surface area contributed by atoms with Crippen molar-refractivity contribution in [2.75, 3.05) is 13.6 Å². The van der Waals surface area contributed by atoms with Crippen molar-refractivity contribution in [1.29, 1.82) is 0 Å². The summed E-state index contributed by atoms with van der Waals surface area (Å²) >= 11 is 0. The number of carbonyl (C=O) groups is 2. The van der Waals surface area contributed by atoms with E-state index < -0.39 is 5.54 Å². The predicted octanol–water partition coefficient (Wildman–Crippen LogP) is 0.576. The van der Waals surface area contributed by atoms with Gasteiger partial charge in [-0.15, -0.1) is 0 Å². The smallest absolute Gasteiger partial charge is 0.248 e. The average molecular weight is 232 g/mol. The van der Waals surface area contributed by atoms with Gasteiger partial charge in [-0.25, -0.2) is 0 Å². The molecule has 90 valence electrons. The van der Waals surface area contributed by atoms with Crippen molar-refractivity contribution in [3.63, 3.8) is 0 Å². The highest BCUT2D eigenvalue weighted by atomic mass is 16.2. The molecule has 1 aromatic rings. The van der Waals surface area contributed by atoms with Gasteiger partial charge in [-0.2, -0.15) is 0 Å². The van der Waals surface area contributed by atoms with Crippen LogP contribution >= 0.6 is 0 Å². The molecule has 1 N–H and O–H groups in total. The minimum absolute atomic E-state index is 0.0408. The maximum Gasteiger partial charge on any atom is 0.248 e. The zero-order chi connectivity index (χ0) is 12.5. The summed E-state index contributed by atoms with van der Waals surface area (Å²) < 4.78 is 0. The Morgan fingerprint density at radius 3 is 2.59 bits per heavy atom. The number of carbonyl (C=O) groups excluding carboxylic acids is 2. The molecule has 0 bridgehead atoms. The molecule has 0 spiro atoms. The minimum atomic E-state index is -0.828. The summed E-state index contributed by atoms with van der Waals surface area (Å²) in [6.07, 6.45) is 0.517. The lowest BCUT2D eigenvalue weighted by Gasteiger charge is -2.38. The number of benzene rings is 1. The van der Waals surface area contributed by atoms with E-state index in [1.807, 2.05) is 30.3 Å². The number of likely N-dealkylation sites (N-methyl/N-ethyl adjacent to an activating group) is 1. The van der Waals surface area contributed by atoms with Crippen LogP contribution in [-0.2, 0) is 16.0 Å².